The molecule has 1 N–H and O–H groups in total. The van der Waals surface area contributed by atoms with Gasteiger partial charge in [-0.15, -0.1) is 0 Å². The van der Waals surface area contributed by atoms with Crippen molar-refractivity contribution >= 4 is 11.9 Å². The van der Waals surface area contributed by atoms with E-state index in [1.807, 2.05) is 0 Å². The lowest BCUT2D eigenvalue weighted by Gasteiger charge is -2.32. The molecule has 12 heteroatoms. The summed E-state index contributed by atoms with van der Waals surface area (Å²) in [5.41, 5.74) is -6.32. The fourth-order valence-electron chi connectivity index (χ4n) is 2.44. The third-order valence-corrected chi connectivity index (χ3v) is 3.38. The van der Waals surface area contributed by atoms with Gasteiger partial charge in [-0.3, -0.25) is 0 Å². The first-order chi connectivity index (χ1) is 12.4. The molecule has 1 aliphatic rings. The topological polar surface area (TPSA) is 73.9 Å². The highest BCUT2D eigenvalue weighted by molar-refractivity contribution is 5.98. The van der Waals surface area contributed by atoms with Crippen LogP contribution in [0.2, 0.25) is 0 Å². The van der Waals surface area contributed by atoms with Crippen molar-refractivity contribution in [1.82, 2.24) is 5.32 Å². The molecule has 0 bridgehead atoms. The summed E-state index contributed by atoms with van der Waals surface area (Å²) in [5, 5.41) is 1.15. The van der Waals surface area contributed by atoms with E-state index in [2.05, 4.69) is 14.2 Å². The zero-order valence-electron chi connectivity index (χ0n) is 14.5. The highest BCUT2D eigenvalue weighted by atomic mass is 19.4. The van der Waals surface area contributed by atoms with Crippen LogP contribution in [0.5, 0.6) is 0 Å². The first kappa shape index (κ1) is 22.8. The van der Waals surface area contributed by atoms with Crippen LogP contribution < -0.4 is 5.32 Å². The van der Waals surface area contributed by atoms with Gasteiger partial charge in [-0.1, -0.05) is 0 Å². The molecule has 0 aromatic carbocycles. The van der Waals surface area contributed by atoms with Gasteiger partial charge in [0, 0.05) is 7.11 Å². The average molecular weight is 405 g/mol. The Morgan fingerprint density at radius 2 is 1.26 bits per heavy atom. The predicted molar refractivity (Wildman–Crippen MR) is 77.9 cm³/mol. The van der Waals surface area contributed by atoms with Crippen molar-refractivity contribution in [2.45, 2.75) is 26.2 Å². The van der Waals surface area contributed by atoms with E-state index < -0.39 is 59.4 Å². The van der Waals surface area contributed by atoms with Gasteiger partial charge in [0.1, 0.15) is 11.4 Å². The maximum Gasteiger partial charge on any atom is 0.431 e. The molecule has 0 aliphatic carbocycles. The highest BCUT2D eigenvalue weighted by Crippen LogP contribution is 2.42. The molecule has 0 unspecified atom stereocenters. The quantitative estimate of drug-likeness (QED) is 0.541. The minimum Gasteiger partial charge on any atom is -0.463 e. The van der Waals surface area contributed by atoms with Crippen LogP contribution in [0.4, 0.5) is 26.3 Å². The minimum absolute atomic E-state index is 0.336. The largest absolute Gasteiger partial charge is 0.463 e. The van der Waals surface area contributed by atoms with Gasteiger partial charge in [-0.25, -0.2) is 9.59 Å². The number of rotatable bonds is 6. The average Bonchev–Trinajstić information content (AvgIpc) is 2.52. The molecule has 0 aromatic heterocycles. The Hall–Kier alpha value is -2.24. The number of hydrogen-bond donors (Lipinski definition) is 1. The molecule has 0 fully saturated rings. The molecule has 154 valence electrons. The van der Waals surface area contributed by atoms with Crippen molar-refractivity contribution < 1.29 is 50.1 Å². The Morgan fingerprint density at radius 1 is 0.889 bits per heavy atom. The lowest BCUT2D eigenvalue weighted by molar-refractivity contribution is -0.145. The van der Waals surface area contributed by atoms with Crippen molar-refractivity contribution in [2.75, 3.05) is 26.9 Å². The second-order valence-electron chi connectivity index (χ2n) is 5.15. The molecular weight excluding hydrogens is 388 g/mol. The van der Waals surface area contributed by atoms with E-state index in [0.717, 1.165) is 12.4 Å². The number of hydrogen-bond acceptors (Lipinski definition) is 6. The molecule has 0 saturated heterocycles. The van der Waals surface area contributed by atoms with Crippen molar-refractivity contribution in [2.24, 2.45) is 5.92 Å². The number of carbonyl (C=O) groups excluding carboxylic acids is 2. The van der Waals surface area contributed by atoms with E-state index in [1.165, 1.54) is 13.8 Å². The Balaban J connectivity index is 3.77. The summed E-state index contributed by atoms with van der Waals surface area (Å²) in [4.78, 5) is 24.2. The molecule has 1 aliphatic heterocycles. The molecule has 0 spiro atoms. The smallest absolute Gasteiger partial charge is 0.431 e. The molecular formula is C15H17F6NO5. The monoisotopic (exact) mass is 405 g/mol. The molecule has 0 aromatic rings. The van der Waals surface area contributed by atoms with E-state index in [4.69, 9.17) is 0 Å². The van der Waals surface area contributed by atoms with Gasteiger partial charge >= 0.3 is 24.3 Å². The summed E-state index contributed by atoms with van der Waals surface area (Å²) in [7, 11) is 0.994. The zero-order chi connectivity index (χ0) is 21.0. The van der Waals surface area contributed by atoms with Crippen molar-refractivity contribution in [3.8, 4) is 0 Å². The van der Waals surface area contributed by atoms with Gasteiger partial charge in [0.05, 0.1) is 36.9 Å². The number of halogens is 6. The lowest BCUT2D eigenvalue weighted by Crippen LogP contribution is -2.44. The lowest BCUT2D eigenvalue weighted by atomic mass is 9.85. The van der Waals surface area contributed by atoms with Gasteiger partial charge in [0.2, 0.25) is 0 Å². The summed E-state index contributed by atoms with van der Waals surface area (Å²) in [5.74, 6) is -5.05. The SMILES string of the molecule is CCOC(=O)C1=C(C(F)(F)F)NC(C(F)(F)F)=C(C(=O)OCC)C1COC. The van der Waals surface area contributed by atoms with Gasteiger partial charge < -0.3 is 19.5 Å². The Kier molecular flexibility index (Phi) is 7.29. The summed E-state index contributed by atoms with van der Waals surface area (Å²) in [6, 6.07) is 0. The normalized spacial score (nSPS) is 16.3. The van der Waals surface area contributed by atoms with Gasteiger partial charge in [0.25, 0.3) is 0 Å². The number of esters is 2. The summed E-state index contributed by atoms with van der Waals surface area (Å²) >= 11 is 0. The van der Waals surface area contributed by atoms with Gasteiger partial charge in [0.15, 0.2) is 0 Å². The van der Waals surface area contributed by atoms with E-state index in [0.29, 0.717) is 0 Å². The Morgan fingerprint density at radius 3 is 1.52 bits per heavy atom. The predicted octanol–water partition coefficient (Wildman–Crippen LogP) is 2.61. The van der Waals surface area contributed by atoms with E-state index in [9.17, 15) is 35.9 Å². The van der Waals surface area contributed by atoms with Crippen molar-refractivity contribution in [3.63, 3.8) is 0 Å². The number of carbonyl (C=O) groups is 2. The number of nitrogens with one attached hydrogen (secondary N) is 1. The molecule has 0 radical (unpaired) electrons. The molecule has 0 saturated carbocycles. The Labute approximate surface area is 150 Å². The van der Waals surface area contributed by atoms with E-state index in [-0.39, 0.29) is 13.2 Å². The van der Waals surface area contributed by atoms with Crippen LogP contribution in [0, 0.1) is 5.92 Å². The molecule has 0 amide bonds. The van der Waals surface area contributed by atoms with Crippen molar-refractivity contribution in [1.29, 1.82) is 0 Å². The van der Waals surface area contributed by atoms with E-state index >= 15 is 0 Å². The number of dihydropyridines is 1. The molecule has 1 rings (SSSR count). The van der Waals surface area contributed by atoms with Gasteiger partial charge in [-0.2, -0.15) is 26.3 Å². The van der Waals surface area contributed by atoms with Crippen LogP contribution in [-0.4, -0.2) is 51.2 Å². The highest BCUT2D eigenvalue weighted by Gasteiger charge is 2.52. The fourth-order valence-corrected chi connectivity index (χ4v) is 2.44. The summed E-state index contributed by atoms with van der Waals surface area (Å²) in [6.45, 7) is 1.12. The summed E-state index contributed by atoms with van der Waals surface area (Å²) in [6.07, 6.45) is -10.7. The minimum atomic E-state index is -5.36. The van der Waals surface area contributed by atoms with Crippen LogP contribution in [-0.2, 0) is 23.8 Å². The van der Waals surface area contributed by atoms with Crippen LogP contribution in [0.25, 0.3) is 0 Å². The first-order valence-electron chi connectivity index (χ1n) is 7.62. The summed E-state index contributed by atoms with van der Waals surface area (Å²) < 4.78 is 94.0. The maximum absolute atomic E-state index is 13.4. The van der Waals surface area contributed by atoms with Crippen LogP contribution in [0.1, 0.15) is 13.8 Å². The molecule has 27 heavy (non-hydrogen) atoms. The van der Waals surface area contributed by atoms with E-state index in [1.54, 1.807) is 0 Å². The first-order valence-corrected chi connectivity index (χ1v) is 7.62. The third-order valence-electron chi connectivity index (χ3n) is 3.38. The van der Waals surface area contributed by atoms with Crippen LogP contribution >= 0.6 is 0 Å². The maximum atomic E-state index is 13.4. The number of ether oxygens (including phenoxy) is 3. The molecule has 0 atom stereocenters. The second kappa shape index (κ2) is 8.63. The van der Waals surface area contributed by atoms with Crippen molar-refractivity contribution in [3.05, 3.63) is 22.5 Å². The second-order valence-corrected chi connectivity index (χ2v) is 5.15. The zero-order valence-corrected chi connectivity index (χ0v) is 14.5. The standard InChI is InChI=1S/C15H17F6NO5/c1-4-26-12(23)8-7(6-25-3)9(13(24)27-5-2)11(15(19,20)21)22-10(8)14(16,17)18/h7,22H,4-6H2,1-3H3. The van der Waals surface area contributed by atoms with Gasteiger partial charge in [-0.05, 0) is 13.8 Å². The Bertz CT molecular complexity index is 598. The number of allylic oxidation sites excluding steroid dienone is 2. The van der Waals surface area contributed by atoms with Crippen LogP contribution in [0.3, 0.4) is 0 Å². The fraction of sp³-hybridized carbons (Fsp3) is 0.600. The molecule has 6 nitrogen and oxygen atoms in total. The third kappa shape index (κ3) is 5.15. The molecule has 1 heterocycles. The number of alkyl halides is 6. The number of methoxy groups -OCH3 is 1. The van der Waals surface area contributed by atoms with Crippen LogP contribution in [0.15, 0.2) is 22.5 Å².